The van der Waals surface area contributed by atoms with Crippen molar-refractivity contribution in [1.29, 1.82) is 0 Å². The Morgan fingerprint density at radius 1 is 1.40 bits per heavy atom. The molecule has 0 heterocycles. The Hall–Kier alpha value is -0.150. The summed E-state index contributed by atoms with van der Waals surface area (Å²) in [6, 6.07) is 0. The van der Waals surface area contributed by atoms with Crippen LogP contribution in [-0.4, -0.2) is 14.7 Å². The monoisotopic (exact) mass is 168 g/mol. The lowest BCUT2D eigenvalue weighted by molar-refractivity contribution is 0.275. The predicted molar refractivity (Wildman–Crippen MR) is 39.4 cm³/mol. The van der Waals surface area contributed by atoms with E-state index in [1.54, 1.807) is 0 Å². The van der Waals surface area contributed by atoms with Gasteiger partial charge in [0.15, 0.2) is 0 Å². The molecule has 0 spiro atoms. The molecule has 0 saturated carbocycles. The van der Waals surface area contributed by atoms with Gasteiger partial charge in [-0.25, -0.2) is 4.57 Å². The molecule has 0 aromatic heterocycles. The third-order valence-electron chi connectivity index (χ3n) is 0.471. The largest absolute Gasteiger partial charge is 0.466 e. The summed E-state index contributed by atoms with van der Waals surface area (Å²) in [5, 5.41) is 0. The van der Waals surface area contributed by atoms with Gasteiger partial charge in [-0.05, 0) is 13.3 Å². The van der Waals surface area contributed by atoms with Crippen LogP contribution in [0.1, 0.15) is 20.3 Å². The van der Waals surface area contributed by atoms with Crippen molar-refractivity contribution in [2.75, 3.05) is 0 Å². The summed E-state index contributed by atoms with van der Waals surface area (Å²) in [6.45, 7) is 4.16. The lowest BCUT2D eigenvalue weighted by Crippen LogP contribution is -1.66. The van der Waals surface area contributed by atoms with Gasteiger partial charge < -0.3 is 14.7 Å². The van der Waals surface area contributed by atoms with E-state index in [2.05, 4.69) is 19.1 Å². The molecule has 0 aromatic carbocycles. The van der Waals surface area contributed by atoms with Crippen LogP contribution < -0.4 is 0 Å². The molecule has 10 heavy (non-hydrogen) atoms. The lowest BCUT2D eigenvalue weighted by Gasteiger charge is -1.82. The molecule has 0 bridgehead atoms. The number of hydrogen-bond donors (Lipinski definition) is 3. The Balaban J connectivity index is 0. The van der Waals surface area contributed by atoms with E-state index in [9.17, 15) is 0 Å². The molecule has 0 aliphatic heterocycles. The molecule has 0 atom stereocenters. The van der Waals surface area contributed by atoms with Gasteiger partial charge in [-0.2, -0.15) is 0 Å². The minimum absolute atomic E-state index is 1.16. The topological polar surface area (TPSA) is 77.8 Å². The van der Waals surface area contributed by atoms with Crippen LogP contribution in [0.15, 0.2) is 12.2 Å². The normalized spacial score (nSPS) is 10.9. The highest BCUT2D eigenvalue weighted by Gasteiger charge is 2.00. The standard InChI is InChI=1S/C5H10.H3O4P/c1-3-5-4-2;1-5(2,3)4/h3,5H,4H2,1-2H3;(H3,1,2,3,4). The van der Waals surface area contributed by atoms with Crippen molar-refractivity contribution in [3.8, 4) is 0 Å². The molecule has 0 fully saturated rings. The number of phosphoric acid groups is 1. The van der Waals surface area contributed by atoms with E-state index in [0.717, 1.165) is 6.42 Å². The van der Waals surface area contributed by atoms with E-state index in [-0.39, 0.29) is 0 Å². The minimum Gasteiger partial charge on any atom is -0.303 e. The molecular weight excluding hydrogens is 155 g/mol. The zero-order chi connectivity index (χ0) is 8.62. The highest BCUT2D eigenvalue weighted by molar-refractivity contribution is 7.45. The highest BCUT2D eigenvalue weighted by atomic mass is 31.2. The molecule has 0 rings (SSSR count). The molecular formula is C5H13O4P. The number of hydrogen-bond acceptors (Lipinski definition) is 1. The summed E-state index contributed by atoms with van der Waals surface area (Å²) in [4.78, 5) is 21.6. The van der Waals surface area contributed by atoms with Gasteiger partial charge in [0.25, 0.3) is 0 Å². The second-order valence-electron chi connectivity index (χ2n) is 1.49. The minimum atomic E-state index is -4.64. The van der Waals surface area contributed by atoms with Crippen LogP contribution in [0.2, 0.25) is 0 Å². The summed E-state index contributed by atoms with van der Waals surface area (Å²) < 4.78 is 8.88. The average molecular weight is 168 g/mol. The van der Waals surface area contributed by atoms with Gasteiger partial charge in [-0.1, -0.05) is 19.1 Å². The van der Waals surface area contributed by atoms with Crippen molar-refractivity contribution in [2.24, 2.45) is 0 Å². The Kier molecular flexibility index (Phi) is 8.72. The summed E-state index contributed by atoms with van der Waals surface area (Å²) in [5.74, 6) is 0. The zero-order valence-corrected chi connectivity index (χ0v) is 6.95. The summed E-state index contributed by atoms with van der Waals surface area (Å²) in [7, 11) is -4.64. The third-order valence-corrected chi connectivity index (χ3v) is 0.471. The van der Waals surface area contributed by atoms with Crippen LogP contribution in [0, 0.1) is 0 Å². The fourth-order valence-electron chi connectivity index (χ4n) is 0.236. The van der Waals surface area contributed by atoms with Crippen molar-refractivity contribution < 1.29 is 19.2 Å². The van der Waals surface area contributed by atoms with Gasteiger partial charge in [0.2, 0.25) is 0 Å². The van der Waals surface area contributed by atoms with Crippen molar-refractivity contribution in [3.05, 3.63) is 12.2 Å². The molecule has 0 amide bonds. The van der Waals surface area contributed by atoms with Crippen LogP contribution in [-0.2, 0) is 4.57 Å². The van der Waals surface area contributed by atoms with Crippen LogP contribution in [0.25, 0.3) is 0 Å². The SMILES string of the molecule is CC=CCC.O=P(O)(O)O. The van der Waals surface area contributed by atoms with Gasteiger partial charge in [0.1, 0.15) is 0 Å². The van der Waals surface area contributed by atoms with E-state index < -0.39 is 7.82 Å². The first-order valence-corrected chi connectivity index (χ1v) is 4.37. The fraction of sp³-hybridized carbons (Fsp3) is 0.600. The quantitative estimate of drug-likeness (QED) is 0.404. The second-order valence-corrected chi connectivity index (χ2v) is 2.52. The smallest absolute Gasteiger partial charge is 0.303 e. The first-order chi connectivity index (χ1) is 4.41. The summed E-state index contributed by atoms with van der Waals surface area (Å²) in [6.07, 6.45) is 5.34. The van der Waals surface area contributed by atoms with Crippen molar-refractivity contribution in [3.63, 3.8) is 0 Å². The summed E-state index contributed by atoms with van der Waals surface area (Å²) >= 11 is 0. The Morgan fingerprint density at radius 3 is 1.70 bits per heavy atom. The maximum absolute atomic E-state index is 8.88. The van der Waals surface area contributed by atoms with Crippen molar-refractivity contribution in [1.82, 2.24) is 0 Å². The van der Waals surface area contributed by atoms with E-state index in [0.29, 0.717) is 0 Å². The second kappa shape index (κ2) is 6.96. The van der Waals surface area contributed by atoms with Crippen LogP contribution >= 0.6 is 7.82 Å². The van der Waals surface area contributed by atoms with Crippen LogP contribution in [0.4, 0.5) is 0 Å². The third kappa shape index (κ3) is 108. The Morgan fingerprint density at radius 2 is 1.70 bits per heavy atom. The van der Waals surface area contributed by atoms with Gasteiger partial charge in [0, 0.05) is 0 Å². The molecule has 3 N–H and O–H groups in total. The van der Waals surface area contributed by atoms with Crippen molar-refractivity contribution in [2.45, 2.75) is 20.3 Å². The molecule has 0 saturated heterocycles. The zero-order valence-electron chi connectivity index (χ0n) is 6.06. The van der Waals surface area contributed by atoms with Crippen molar-refractivity contribution >= 4 is 7.82 Å². The van der Waals surface area contributed by atoms with Crippen LogP contribution in [0.3, 0.4) is 0 Å². The van der Waals surface area contributed by atoms with E-state index in [1.807, 2.05) is 6.92 Å². The van der Waals surface area contributed by atoms with Gasteiger partial charge in [-0.15, -0.1) is 0 Å². The maximum Gasteiger partial charge on any atom is 0.466 e. The molecule has 0 aromatic rings. The average Bonchev–Trinajstić information content (AvgIpc) is 1.63. The lowest BCUT2D eigenvalue weighted by atomic mass is 10.4. The van der Waals surface area contributed by atoms with Gasteiger partial charge in [-0.3, -0.25) is 0 Å². The maximum atomic E-state index is 8.88. The van der Waals surface area contributed by atoms with E-state index in [1.165, 1.54) is 0 Å². The van der Waals surface area contributed by atoms with Crippen LogP contribution in [0.5, 0.6) is 0 Å². The first-order valence-electron chi connectivity index (χ1n) is 2.81. The first kappa shape index (κ1) is 12.5. The molecule has 62 valence electrons. The number of rotatable bonds is 1. The molecule has 0 unspecified atom stereocenters. The Labute approximate surface area is 60.4 Å². The molecule has 0 aliphatic carbocycles. The predicted octanol–water partition coefficient (Wildman–Crippen LogP) is 1.04. The molecule has 5 heteroatoms. The molecule has 0 radical (unpaired) electrons. The van der Waals surface area contributed by atoms with E-state index in [4.69, 9.17) is 19.2 Å². The molecule has 4 nitrogen and oxygen atoms in total. The molecule has 0 aliphatic rings. The van der Waals surface area contributed by atoms with Gasteiger partial charge >= 0.3 is 7.82 Å². The highest BCUT2D eigenvalue weighted by Crippen LogP contribution is 2.25. The van der Waals surface area contributed by atoms with Gasteiger partial charge in [0.05, 0.1) is 0 Å². The Bertz CT molecular complexity index is 117. The van der Waals surface area contributed by atoms with E-state index >= 15 is 0 Å². The summed E-state index contributed by atoms with van der Waals surface area (Å²) in [5.41, 5.74) is 0. The number of allylic oxidation sites excluding steroid dienone is 2. The fourth-order valence-corrected chi connectivity index (χ4v) is 0.236.